The highest BCUT2D eigenvalue weighted by Crippen LogP contribution is 2.60. The minimum Gasteiger partial charge on any atom is -0.392 e. The molecule has 62 valence electrons. The zero-order valence-corrected chi connectivity index (χ0v) is 6.90. The fourth-order valence-corrected chi connectivity index (χ4v) is 3.19. The van der Waals surface area contributed by atoms with Crippen LogP contribution in [0.4, 0.5) is 0 Å². The van der Waals surface area contributed by atoms with E-state index in [0.29, 0.717) is 17.8 Å². The van der Waals surface area contributed by atoms with E-state index in [0.717, 1.165) is 0 Å². The van der Waals surface area contributed by atoms with Crippen LogP contribution in [0.15, 0.2) is 36.5 Å². The number of aliphatic hydroxyl groups is 1. The summed E-state index contributed by atoms with van der Waals surface area (Å²) in [5.41, 5.74) is 2.50. The topological polar surface area (TPSA) is 20.2 Å². The maximum atomic E-state index is 9.84. The fraction of sp³-hybridized carbons (Fsp3) is 0.455. The zero-order chi connectivity index (χ0) is 8.46. The molecule has 0 unspecified atom stereocenters. The Balaban J connectivity index is 2.23. The summed E-state index contributed by atoms with van der Waals surface area (Å²) in [6, 6.07) is 0. The van der Waals surface area contributed by atoms with Crippen molar-refractivity contribution in [2.45, 2.75) is 6.10 Å². The van der Waals surface area contributed by atoms with E-state index in [1.807, 2.05) is 0 Å². The monoisotopic (exact) mass is 160 g/mol. The highest BCUT2D eigenvalue weighted by molar-refractivity contribution is 5.46. The molecule has 5 atom stereocenters. The number of hydrogen-bond acceptors (Lipinski definition) is 1. The molecule has 12 heavy (non-hydrogen) atoms. The van der Waals surface area contributed by atoms with Crippen molar-refractivity contribution in [3.05, 3.63) is 36.5 Å². The predicted molar refractivity (Wildman–Crippen MR) is 47.4 cm³/mol. The fourth-order valence-electron chi connectivity index (χ4n) is 3.19. The van der Waals surface area contributed by atoms with Gasteiger partial charge in [0.1, 0.15) is 0 Å². The van der Waals surface area contributed by atoms with Gasteiger partial charge in [-0.1, -0.05) is 36.5 Å². The van der Waals surface area contributed by atoms with E-state index in [1.165, 1.54) is 11.1 Å². The average molecular weight is 160 g/mol. The van der Waals surface area contributed by atoms with Gasteiger partial charge >= 0.3 is 0 Å². The van der Waals surface area contributed by atoms with Gasteiger partial charge in [0.15, 0.2) is 0 Å². The first-order valence-electron chi connectivity index (χ1n) is 4.45. The van der Waals surface area contributed by atoms with Crippen molar-refractivity contribution in [2.24, 2.45) is 23.7 Å². The second-order valence-corrected chi connectivity index (χ2v) is 4.13. The van der Waals surface area contributed by atoms with Crippen LogP contribution in [0, 0.1) is 23.7 Å². The minimum absolute atomic E-state index is 0.178. The van der Waals surface area contributed by atoms with Crippen molar-refractivity contribution in [2.75, 3.05) is 0 Å². The Morgan fingerprint density at radius 1 is 1.17 bits per heavy atom. The Labute approximate surface area is 72.1 Å². The standard InChI is InChI=1S/C11H12O/c1-5-7-3-4-8-9(5)6(2)10(7)11(8)12/h3-4,7-12H,1-2H2/t7-,8+,9+,10+,11-/m0/s1. The van der Waals surface area contributed by atoms with Crippen LogP contribution in [0.2, 0.25) is 0 Å². The Hall–Kier alpha value is -0.820. The van der Waals surface area contributed by atoms with Crippen molar-refractivity contribution >= 4 is 0 Å². The van der Waals surface area contributed by atoms with E-state index >= 15 is 0 Å². The summed E-state index contributed by atoms with van der Waals surface area (Å²) in [5.74, 6) is 1.36. The quantitative estimate of drug-likeness (QED) is 0.533. The van der Waals surface area contributed by atoms with Crippen LogP contribution in [0.3, 0.4) is 0 Å². The van der Waals surface area contributed by atoms with Gasteiger partial charge in [0.05, 0.1) is 6.10 Å². The molecule has 4 bridgehead atoms. The SMILES string of the molecule is C=C1[C@H]2C(=C)[C@@H]3C=C[C@H]2[C@H](O)[C@H]13. The highest BCUT2D eigenvalue weighted by Gasteiger charge is 2.57. The van der Waals surface area contributed by atoms with Crippen molar-refractivity contribution in [1.29, 1.82) is 0 Å². The Bertz CT molecular complexity index is 313. The third-order valence-electron chi connectivity index (χ3n) is 3.73. The molecule has 0 saturated heterocycles. The van der Waals surface area contributed by atoms with E-state index in [1.54, 1.807) is 0 Å². The van der Waals surface area contributed by atoms with E-state index in [-0.39, 0.29) is 12.0 Å². The summed E-state index contributed by atoms with van der Waals surface area (Å²) < 4.78 is 0. The molecule has 0 aromatic carbocycles. The van der Waals surface area contributed by atoms with Gasteiger partial charge in [-0.2, -0.15) is 0 Å². The maximum Gasteiger partial charge on any atom is 0.0685 e. The molecule has 0 heterocycles. The molecular formula is C11H12O. The molecule has 0 amide bonds. The Kier molecular flexibility index (Phi) is 0.969. The second-order valence-electron chi connectivity index (χ2n) is 4.13. The molecule has 2 saturated carbocycles. The van der Waals surface area contributed by atoms with Crippen LogP contribution in [-0.4, -0.2) is 11.2 Å². The first-order valence-corrected chi connectivity index (χ1v) is 4.45. The molecule has 4 aliphatic carbocycles. The van der Waals surface area contributed by atoms with Gasteiger partial charge in [-0.25, -0.2) is 0 Å². The summed E-state index contributed by atoms with van der Waals surface area (Å²) in [5, 5.41) is 9.84. The lowest BCUT2D eigenvalue weighted by Gasteiger charge is -2.35. The molecule has 0 spiro atoms. The van der Waals surface area contributed by atoms with Crippen molar-refractivity contribution < 1.29 is 5.11 Å². The van der Waals surface area contributed by atoms with E-state index in [4.69, 9.17) is 0 Å². The zero-order valence-electron chi connectivity index (χ0n) is 6.90. The van der Waals surface area contributed by atoms with Crippen LogP contribution < -0.4 is 0 Å². The third-order valence-corrected chi connectivity index (χ3v) is 3.73. The average Bonchev–Trinajstić information content (AvgIpc) is 2.38. The summed E-state index contributed by atoms with van der Waals surface area (Å²) in [7, 11) is 0. The van der Waals surface area contributed by atoms with Gasteiger partial charge in [-0.3, -0.25) is 0 Å². The predicted octanol–water partition coefficient (Wildman–Crippen LogP) is 1.52. The summed E-state index contributed by atoms with van der Waals surface area (Å²) in [6.45, 7) is 8.14. The van der Waals surface area contributed by atoms with Crippen molar-refractivity contribution in [3.63, 3.8) is 0 Å². The Morgan fingerprint density at radius 2 is 1.92 bits per heavy atom. The molecule has 2 fully saturated rings. The van der Waals surface area contributed by atoms with E-state index in [9.17, 15) is 5.11 Å². The second kappa shape index (κ2) is 1.74. The molecule has 1 nitrogen and oxygen atoms in total. The molecule has 0 radical (unpaired) electrons. The third kappa shape index (κ3) is 0.469. The van der Waals surface area contributed by atoms with E-state index < -0.39 is 0 Å². The van der Waals surface area contributed by atoms with Crippen LogP contribution in [-0.2, 0) is 0 Å². The summed E-state index contributed by atoms with van der Waals surface area (Å²) in [4.78, 5) is 0. The number of rotatable bonds is 0. The molecule has 4 aliphatic rings. The van der Waals surface area contributed by atoms with Crippen LogP contribution >= 0.6 is 0 Å². The molecule has 1 N–H and O–H groups in total. The summed E-state index contributed by atoms with van der Waals surface area (Å²) >= 11 is 0. The van der Waals surface area contributed by atoms with E-state index in [2.05, 4.69) is 25.3 Å². The Morgan fingerprint density at radius 3 is 2.42 bits per heavy atom. The van der Waals surface area contributed by atoms with Crippen molar-refractivity contribution in [3.8, 4) is 0 Å². The lowest BCUT2D eigenvalue weighted by atomic mass is 9.72. The minimum atomic E-state index is -0.178. The lowest BCUT2D eigenvalue weighted by molar-refractivity contribution is 0.0736. The molecule has 4 rings (SSSR count). The van der Waals surface area contributed by atoms with Gasteiger partial charge in [-0.15, -0.1) is 0 Å². The highest BCUT2D eigenvalue weighted by atomic mass is 16.3. The smallest absolute Gasteiger partial charge is 0.0685 e. The van der Waals surface area contributed by atoms with Gasteiger partial charge in [0.2, 0.25) is 0 Å². The van der Waals surface area contributed by atoms with Gasteiger partial charge in [0.25, 0.3) is 0 Å². The van der Waals surface area contributed by atoms with Crippen LogP contribution in [0.5, 0.6) is 0 Å². The lowest BCUT2D eigenvalue weighted by Crippen LogP contribution is -2.35. The van der Waals surface area contributed by atoms with Gasteiger partial charge in [0, 0.05) is 23.7 Å². The van der Waals surface area contributed by atoms with Gasteiger partial charge in [-0.05, 0) is 0 Å². The van der Waals surface area contributed by atoms with Gasteiger partial charge < -0.3 is 5.11 Å². The molecule has 0 aromatic heterocycles. The largest absolute Gasteiger partial charge is 0.392 e. The summed E-state index contributed by atoms with van der Waals surface area (Å²) in [6.07, 6.45) is 4.16. The number of hydrogen-bond donors (Lipinski definition) is 1. The molecule has 0 aromatic rings. The molecular weight excluding hydrogens is 148 g/mol. The van der Waals surface area contributed by atoms with Crippen LogP contribution in [0.25, 0.3) is 0 Å². The van der Waals surface area contributed by atoms with Crippen molar-refractivity contribution in [1.82, 2.24) is 0 Å². The first-order chi connectivity index (χ1) is 5.72. The maximum absolute atomic E-state index is 9.84. The number of allylic oxidation sites excluding steroid dienone is 2. The molecule has 1 heteroatoms. The van der Waals surface area contributed by atoms with Crippen LogP contribution in [0.1, 0.15) is 0 Å². The molecule has 0 aliphatic heterocycles. The first kappa shape index (κ1) is 6.67. The normalized spacial score (nSPS) is 54.2. The number of aliphatic hydroxyl groups excluding tert-OH is 1.